The fraction of sp³-hybridized carbons (Fsp3) is 0.444. The van der Waals surface area contributed by atoms with Gasteiger partial charge in [-0.15, -0.1) is 0 Å². The molecule has 2 heterocycles. The second-order valence-electron chi connectivity index (χ2n) is 6.76. The first-order chi connectivity index (χ1) is 12.6. The van der Waals surface area contributed by atoms with Crippen LogP contribution in [-0.4, -0.2) is 62.1 Å². The van der Waals surface area contributed by atoms with E-state index in [9.17, 15) is 18.0 Å². The molecule has 0 radical (unpaired) electrons. The SMILES string of the molecule is CC(C)Oc1ccc2c(C(=O)N3CCN(S(C)(=O)=O)CC3)cc(=O)oc2c1. The molecule has 0 spiro atoms. The van der Waals surface area contributed by atoms with E-state index in [2.05, 4.69) is 0 Å². The van der Waals surface area contributed by atoms with Crippen molar-refractivity contribution in [1.82, 2.24) is 9.21 Å². The van der Waals surface area contributed by atoms with E-state index in [1.807, 2.05) is 13.8 Å². The van der Waals surface area contributed by atoms with Crippen molar-refractivity contribution in [3.05, 3.63) is 40.2 Å². The van der Waals surface area contributed by atoms with E-state index in [0.29, 0.717) is 11.1 Å². The minimum Gasteiger partial charge on any atom is -0.491 e. The molecule has 1 aromatic carbocycles. The first kappa shape index (κ1) is 19.4. The Hall–Kier alpha value is -2.39. The highest BCUT2D eigenvalue weighted by Gasteiger charge is 2.28. The fourth-order valence-electron chi connectivity index (χ4n) is 3.06. The van der Waals surface area contributed by atoms with Gasteiger partial charge in [-0.1, -0.05) is 0 Å². The van der Waals surface area contributed by atoms with E-state index >= 15 is 0 Å². The zero-order chi connectivity index (χ0) is 19.8. The quantitative estimate of drug-likeness (QED) is 0.725. The van der Waals surface area contributed by atoms with Gasteiger partial charge in [-0.2, -0.15) is 4.31 Å². The van der Waals surface area contributed by atoms with Gasteiger partial charge < -0.3 is 14.1 Å². The van der Waals surface area contributed by atoms with Gasteiger partial charge in [0.05, 0.1) is 17.9 Å². The molecule has 2 aromatic rings. The smallest absolute Gasteiger partial charge is 0.337 e. The molecule has 0 aliphatic carbocycles. The maximum Gasteiger partial charge on any atom is 0.337 e. The van der Waals surface area contributed by atoms with Gasteiger partial charge in [-0.25, -0.2) is 13.2 Å². The second-order valence-corrected chi connectivity index (χ2v) is 8.74. The van der Waals surface area contributed by atoms with Gasteiger partial charge in [0, 0.05) is 43.7 Å². The van der Waals surface area contributed by atoms with Gasteiger partial charge in [0.25, 0.3) is 5.91 Å². The number of rotatable bonds is 4. The molecular formula is C18H22N2O6S. The molecule has 0 atom stereocenters. The highest BCUT2D eigenvalue weighted by molar-refractivity contribution is 7.88. The molecule has 0 bridgehead atoms. The Kier molecular flexibility index (Phi) is 5.25. The number of benzene rings is 1. The summed E-state index contributed by atoms with van der Waals surface area (Å²) in [5.74, 6) is 0.227. The van der Waals surface area contributed by atoms with Crippen LogP contribution in [0.3, 0.4) is 0 Å². The number of sulfonamides is 1. The van der Waals surface area contributed by atoms with Crippen LogP contribution in [0.4, 0.5) is 0 Å². The van der Waals surface area contributed by atoms with Gasteiger partial charge in [-0.05, 0) is 26.0 Å². The molecular weight excluding hydrogens is 372 g/mol. The number of amides is 1. The Balaban J connectivity index is 1.90. The lowest BCUT2D eigenvalue weighted by Gasteiger charge is -2.33. The topological polar surface area (TPSA) is 97.1 Å². The van der Waals surface area contributed by atoms with Gasteiger partial charge >= 0.3 is 5.63 Å². The summed E-state index contributed by atoms with van der Waals surface area (Å²) < 4.78 is 35.4. The predicted molar refractivity (Wildman–Crippen MR) is 101 cm³/mol. The van der Waals surface area contributed by atoms with Crippen molar-refractivity contribution in [3.63, 3.8) is 0 Å². The van der Waals surface area contributed by atoms with E-state index < -0.39 is 15.6 Å². The Morgan fingerprint density at radius 3 is 2.41 bits per heavy atom. The molecule has 3 rings (SSSR count). The maximum absolute atomic E-state index is 12.9. The van der Waals surface area contributed by atoms with Crippen molar-refractivity contribution in [2.75, 3.05) is 32.4 Å². The van der Waals surface area contributed by atoms with Crippen LogP contribution in [0.1, 0.15) is 24.2 Å². The van der Waals surface area contributed by atoms with Gasteiger partial charge in [-0.3, -0.25) is 4.79 Å². The molecule has 9 heteroatoms. The van der Waals surface area contributed by atoms with Gasteiger partial charge in [0.2, 0.25) is 10.0 Å². The van der Waals surface area contributed by atoms with Crippen LogP contribution in [0.2, 0.25) is 0 Å². The molecule has 0 unspecified atom stereocenters. The summed E-state index contributed by atoms with van der Waals surface area (Å²) in [6.07, 6.45) is 1.11. The highest BCUT2D eigenvalue weighted by Crippen LogP contribution is 2.24. The minimum atomic E-state index is -3.28. The molecule has 1 aromatic heterocycles. The lowest BCUT2D eigenvalue weighted by atomic mass is 10.1. The average molecular weight is 394 g/mol. The summed E-state index contributed by atoms with van der Waals surface area (Å²) in [5.41, 5.74) is -0.105. The molecule has 0 saturated carbocycles. The Bertz CT molecular complexity index is 1020. The number of ether oxygens (including phenoxy) is 1. The Morgan fingerprint density at radius 1 is 1.15 bits per heavy atom. The lowest BCUT2D eigenvalue weighted by molar-refractivity contribution is 0.0699. The first-order valence-corrected chi connectivity index (χ1v) is 10.5. The average Bonchev–Trinajstić information content (AvgIpc) is 2.59. The number of nitrogens with zero attached hydrogens (tertiary/aromatic N) is 2. The number of hydrogen-bond donors (Lipinski definition) is 0. The van der Waals surface area contributed by atoms with Crippen LogP contribution in [0.25, 0.3) is 11.0 Å². The molecule has 146 valence electrons. The molecule has 1 saturated heterocycles. The lowest BCUT2D eigenvalue weighted by Crippen LogP contribution is -2.50. The normalized spacial score (nSPS) is 16.1. The molecule has 1 fully saturated rings. The molecule has 8 nitrogen and oxygen atoms in total. The van der Waals surface area contributed by atoms with Crippen LogP contribution in [0.5, 0.6) is 5.75 Å². The van der Waals surface area contributed by atoms with Crippen molar-refractivity contribution in [2.45, 2.75) is 20.0 Å². The van der Waals surface area contributed by atoms with Crippen LogP contribution >= 0.6 is 0 Å². The van der Waals surface area contributed by atoms with Gasteiger partial charge in [0.1, 0.15) is 11.3 Å². The number of carbonyl (C=O) groups is 1. The molecule has 27 heavy (non-hydrogen) atoms. The minimum absolute atomic E-state index is 0.0369. The summed E-state index contributed by atoms with van der Waals surface area (Å²) in [7, 11) is -3.28. The largest absolute Gasteiger partial charge is 0.491 e. The standard InChI is InChI=1S/C18H22N2O6S/c1-12(2)25-13-4-5-14-15(11-17(21)26-16(14)10-13)18(22)19-6-8-20(9-7-19)27(3,23)24/h4-5,10-12H,6-9H2,1-3H3. The summed E-state index contributed by atoms with van der Waals surface area (Å²) in [4.78, 5) is 26.4. The Morgan fingerprint density at radius 2 is 1.81 bits per heavy atom. The maximum atomic E-state index is 12.9. The van der Waals surface area contributed by atoms with Crippen molar-refractivity contribution in [1.29, 1.82) is 0 Å². The van der Waals surface area contributed by atoms with Crippen LogP contribution in [-0.2, 0) is 10.0 Å². The van der Waals surface area contributed by atoms with E-state index in [0.717, 1.165) is 6.26 Å². The third-order valence-electron chi connectivity index (χ3n) is 4.31. The van der Waals surface area contributed by atoms with Crippen LogP contribution < -0.4 is 10.4 Å². The molecule has 1 aliphatic heterocycles. The fourth-order valence-corrected chi connectivity index (χ4v) is 3.89. The van der Waals surface area contributed by atoms with E-state index in [-0.39, 0.29) is 49.3 Å². The summed E-state index contributed by atoms with van der Waals surface area (Å²) in [5, 5.41) is 0.515. The third-order valence-corrected chi connectivity index (χ3v) is 5.62. The highest BCUT2D eigenvalue weighted by atomic mass is 32.2. The van der Waals surface area contributed by atoms with Crippen LogP contribution in [0.15, 0.2) is 33.5 Å². The number of hydrogen-bond acceptors (Lipinski definition) is 6. The van der Waals surface area contributed by atoms with Crippen molar-refractivity contribution in [2.24, 2.45) is 0 Å². The predicted octanol–water partition coefficient (Wildman–Crippen LogP) is 1.30. The number of carbonyl (C=O) groups excluding carboxylic acids is 1. The van der Waals surface area contributed by atoms with Crippen molar-refractivity contribution >= 4 is 26.9 Å². The van der Waals surface area contributed by atoms with Gasteiger partial charge in [0.15, 0.2) is 0 Å². The number of piperazine rings is 1. The zero-order valence-electron chi connectivity index (χ0n) is 15.5. The number of fused-ring (bicyclic) bond motifs is 1. The van der Waals surface area contributed by atoms with E-state index in [1.165, 1.54) is 10.4 Å². The van der Waals surface area contributed by atoms with Crippen molar-refractivity contribution < 1.29 is 22.4 Å². The zero-order valence-corrected chi connectivity index (χ0v) is 16.3. The van der Waals surface area contributed by atoms with Crippen LogP contribution in [0, 0.1) is 0 Å². The van der Waals surface area contributed by atoms with E-state index in [1.54, 1.807) is 23.1 Å². The molecule has 0 N–H and O–H groups in total. The Labute approximate surface area is 157 Å². The summed E-state index contributed by atoms with van der Waals surface area (Å²) in [6.45, 7) is 4.77. The molecule has 1 amide bonds. The third kappa shape index (κ3) is 4.30. The summed E-state index contributed by atoms with van der Waals surface area (Å²) >= 11 is 0. The van der Waals surface area contributed by atoms with Crippen molar-refractivity contribution in [3.8, 4) is 5.75 Å². The second kappa shape index (κ2) is 7.32. The first-order valence-electron chi connectivity index (χ1n) is 8.64. The summed E-state index contributed by atoms with van der Waals surface area (Å²) in [6, 6.07) is 6.18. The van der Waals surface area contributed by atoms with E-state index in [4.69, 9.17) is 9.15 Å². The monoisotopic (exact) mass is 394 g/mol. The molecule has 1 aliphatic rings.